The molecule has 168 valence electrons. The highest BCUT2D eigenvalue weighted by molar-refractivity contribution is 6.05. The van der Waals surface area contributed by atoms with Crippen LogP contribution in [-0.4, -0.2) is 17.3 Å². The fourth-order valence-electron chi connectivity index (χ4n) is 4.48. The Morgan fingerprint density at radius 2 is 1.13 bits per heavy atom. The van der Waals surface area contributed by atoms with Crippen molar-refractivity contribution in [2.45, 2.75) is 53.9 Å². The molecule has 0 aliphatic heterocycles. The maximum atomic E-state index is 12.6. The second-order valence-corrected chi connectivity index (χ2v) is 8.57. The largest absolute Gasteiger partial charge is 0.295 e. The Labute approximate surface area is 188 Å². The van der Waals surface area contributed by atoms with Gasteiger partial charge in [-0.25, -0.2) is 0 Å². The lowest BCUT2D eigenvalue weighted by atomic mass is 9.63. The average molecular weight is 423 g/mol. The van der Waals surface area contributed by atoms with Crippen molar-refractivity contribution in [3.63, 3.8) is 0 Å². The molecule has 3 heteroatoms. The molecular weight excluding hydrogens is 384 g/mol. The standard InChI is InChI=1S/C18H22O2.C9H12O.CH4/c1-5-13-9-7-11(3)17(19)15(13)16-14(6-2)10-8-12(4)18(16)20;1-3-8-5-4-7(2)9(10)6-8;/h5-8,13-16H,1-2,9-10H2,3-4H3;3-4,8H,1,5-6H2,2H3;1H4/t13-,14-,15-,16-;8-;/m11./s1. The summed E-state index contributed by atoms with van der Waals surface area (Å²) in [6.07, 6.45) is 14.7. The summed E-state index contributed by atoms with van der Waals surface area (Å²) in [6.45, 7) is 16.9. The Balaban J connectivity index is 0.000000370. The molecule has 0 saturated carbocycles. The van der Waals surface area contributed by atoms with Crippen LogP contribution in [0.4, 0.5) is 0 Å². The van der Waals surface area contributed by atoms with Crippen molar-refractivity contribution >= 4 is 17.3 Å². The molecule has 0 aromatic rings. The van der Waals surface area contributed by atoms with Gasteiger partial charge in [0.25, 0.3) is 0 Å². The van der Waals surface area contributed by atoms with E-state index < -0.39 is 0 Å². The van der Waals surface area contributed by atoms with Gasteiger partial charge >= 0.3 is 0 Å². The zero-order chi connectivity index (χ0) is 22.4. The summed E-state index contributed by atoms with van der Waals surface area (Å²) < 4.78 is 0. The van der Waals surface area contributed by atoms with Gasteiger partial charge in [-0.1, -0.05) is 43.9 Å². The van der Waals surface area contributed by atoms with E-state index in [0.717, 1.165) is 36.0 Å². The van der Waals surface area contributed by atoms with Crippen LogP contribution in [0.5, 0.6) is 0 Å². The van der Waals surface area contributed by atoms with Gasteiger partial charge in [0.1, 0.15) is 0 Å². The van der Waals surface area contributed by atoms with E-state index in [4.69, 9.17) is 0 Å². The molecule has 3 aliphatic carbocycles. The predicted octanol–water partition coefficient (Wildman–Crippen LogP) is 6.40. The Hall–Kier alpha value is -2.55. The summed E-state index contributed by atoms with van der Waals surface area (Å²) in [6, 6.07) is 0. The van der Waals surface area contributed by atoms with Gasteiger partial charge in [-0.05, 0) is 74.5 Å². The van der Waals surface area contributed by atoms with E-state index in [1.54, 1.807) is 0 Å². The molecule has 0 fully saturated rings. The first kappa shape index (κ1) is 26.5. The minimum absolute atomic E-state index is 0. The van der Waals surface area contributed by atoms with Crippen LogP contribution in [0.2, 0.25) is 0 Å². The van der Waals surface area contributed by atoms with Gasteiger partial charge in [-0.2, -0.15) is 0 Å². The molecule has 0 spiro atoms. The third-order valence-corrected chi connectivity index (χ3v) is 6.64. The van der Waals surface area contributed by atoms with Gasteiger partial charge < -0.3 is 0 Å². The molecule has 0 saturated heterocycles. The minimum Gasteiger partial charge on any atom is -0.295 e. The van der Waals surface area contributed by atoms with Crippen LogP contribution in [-0.2, 0) is 14.4 Å². The quantitative estimate of drug-likeness (QED) is 0.493. The fraction of sp³-hybridized carbons (Fsp3) is 0.464. The lowest BCUT2D eigenvalue weighted by Crippen LogP contribution is -2.42. The maximum absolute atomic E-state index is 12.6. The second kappa shape index (κ2) is 11.7. The Morgan fingerprint density at radius 1 is 0.710 bits per heavy atom. The topological polar surface area (TPSA) is 51.2 Å². The van der Waals surface area contributed by atoms with Gasteiger partial charge in [0.05, 0.1) is 0 Å². The Bertz CT molecular complexity index is 788. The number of Topliss-reactive ketones (excluding diaryl/α,β-unsaturated/α-hetero) is 3. The number of hydrogen-bond acceptors (Lipinski definition) is 3. The van der Waals surface area contributed by atoms with Crippen molar-refractivity contribution in [1.29, 1.82) is 0 Å². The second-order valence-electron chi connectivity index (χ2n) is 8.57. The first-order valence-electron chi connectivity index (χ1n) is 10.7. The molecule has 0 unspecified atom stereocenters. The number of rotatable bonds is 4. The lowest BCUT2D eigenvalue weighted by Gasteiger charge is -2.38. The zero-order valence-electron chi connectivity index (χ0n) is 18.5. The van der Waals surface area contributed by atoms with Crippen LogP contribution in [0.3, 0.4) is 0 Å². The highest BCUT2D eigenvalue weighted by Crippen LogP contribution is 2.41. The third-order valence-electron chi connectivity index (χ3n) is 6.64. The normalized spacial score (nSPS) is 30.5. The van der Waals surface area contributed by atoms with Crippen LogP contribution in [0.1, 0.15) is 53.9 Å². The molecule has 0 aromatic heterocycles. The van der Waals surface area contributed by atoms with Crippen molar-refractivity contribution in [2.24, 2.45) is 29.6 Å². The molecule has 0 amide bonds. The van der Waals surface area contributed by atoms with E-state index in [1.165, 1.54) is 0 Å². The lowest BCUT2D eigenvalue weighted by molar-refractivity contribution is -0.132. The van der Waals surface area contributed by atoms with E-state index in [9.17, 15) is 14.4 Å². The highest BCUT2D eigenvalue weighted by atomic mass is 16.1. The van der Waals surface area contributed by atoms with E-state index in [2.05, 4.69) is 19.7 Å². The monoisotopic (exact) mass is 422 g/mol. The summed E-state index contributed by atoms with van der Waals surface area (Å²) in [5.74, 6) is 0.393. The van der Waals surface area contributed by atoms with E-state index >= 15 is 0 Å². The zero-order valence-corrected chi connectivity index (χ0v) is 18.5. The Kier molecular flexibility index (Phi) is 10.0. The van der Waals surface area contributed by atoms with Crippen LogP contribution in [0.15, 0.2) is 72.9 Å². The Morgan fingerprint density at radius 3 is 1.48 bits per heavy atom. The average Bonchev–Trinajstić information content (AvgIpc) is 2.74. The summed E-state index contributed by atoms with van der Waals surface area (Å²) in [5, 5.41) is 0. The SMILES string of the molecule is C.C=C[C@@H]1CC=C(C)C(=O)C1.C=C[C@@H]1CC=C(C)C(=O)[C@H]1[C@@H]1C(=O)C(C)=CC[C@H]1C=C. The summed E-state index contributed by atoms with van der Waals surface area (Å²) in [4.78, 5) is 36.2. The molecule has 31 heavy (non-hydrogen) atoms. The van der Waals surface area contributed by atoms with Crippen LogP contribution in [0, 0.1) is 29.6 Å². The summed E-state index contributed by atoms with van der Waals surface area (Å²) in [5.41, 5.74) is 2.46. The van der Waals surface area contributed by atoms with Crippen LogP contribution >= 0.6 is 0 Å². The van der Waals surface area contributed by atoms with E-state index in [-0.39, 0.29) is 48.4 Å². The number of carbonyl (C=O) groups excluding carboxylic acids is 3. The first-order valence-corrected chi connectivity index (χ1v) is 10.7. The van der Waals surface area contributed by atoms with Gasteiger partial charge in [-0.3, -0.25) is 14.4 Å². The van der Waals surface area contributed by atoms with Crippen LogP contribution in [0.25, 0.3) is 0 Å². The molecule has 3 rings (SSSR count). The number of allylic oxidation sites excluding steroid dienone is 9. The molecule has 0 radical (unpaired) electrons. The van der Waals surface area contributed by atoms with E-state index in [1.807, 2.05) is 57.2 Å². The first-order chi connectivity index (χ1) is 14.2. The van der Waals surface area contributed by atoms with Crippen molar-refractivity contribution in [1.82, 2.24) is 0 Å². The number of carbonyl (C=O) groups is 3. The van der Waals surface area contributed by atoms with Crippen molar-refractivity contribution in [3.05, 3.63) is 72.9 Å². The molecule has 3 aliphatic rings. The van der Waals surface area contributed by atoms with E-state index in [0.29, 0.717) is 12.3 Å². The summed E-state index contributed by atoms with van der Waals surface area (Å²) in [7, 11) is 0. The maximum Gasteiger partial charge on any atom is 0.162 e. The fourth-order valence-corrected chi connectivity index (χ4v) is 4.48. The molecule has 5 atom stereocenters. The van der Waals surface area contributed by atoms with Crippen molar-refractivity contribution in [3.8, 4) is 0 Å². The molecule has 0 aromatic carbocycles. The third kappa shape index (κ3) is 6.00. The highest BCUT2D eigenvalue weighted by Gasteiger charge is 2.44. The van der Waals surface area contributed by atoms with Crippen molar-refractivity contribution < 1.29 is 14.4 Å². The minimum atomic E-state index is -0.281. The van der Waals surface area contributed by atoms with Gasteiger partial charge in [0.15, 0.2) is 17.3 Å². The van der Waals surface area contributed by atoms with Gasteiger partial charge in [0, 0.05) is 18.3 Å². The number of ketones is 3. The van der Waals surface area contributed by atoms with Gasteiger partial charge in [0.2, 0.25) is 0 Å². The van der Waals surface area contributed by atoms with Crippen LogP contribution < -0.4 is 0 Å². The molecule has 0 bridgehead atoms. The molecule has 0 heterocycles. The van der Waals surface area contributed by atoms with Gasteiger partial charge in [-0.15, -0.1) is 19.7 Å². The number of hydrogen-bond donors (Lipinski definition) is 0. The predicted molar refractivity (Wildman–Crippen MR) is 130 cm³/mol. The molecule has 3 nitrogen and oxygen atoms in total. The summed E-state index contributed by atoms with van der Waals surface area (Å²) >= 11 is 0. The molecular formula is C28H38O3. The molecule has 0 N–H and O–H groups in total. The smallest absolute Gasteiger partial charge is 0.162 e. The van der Waals surface area contributed by atoms with Crippen molar-refractivity contribution in [2.75, 3.05) is 0 Å².